The van der Waals surface area contributed by atoms with Crippen molar-refractivity contribution in [2.24, 2.45) is 0 Å². The molecule has 0 bridgehead atoms. The van der Waals surface area contributed by atoms with E-state index in [1.165, 1.54) is 12.8 Å². The number of nitrogens with one attached hydrogen (secondary N) is 3. The van der Waals surface area contributed by atoms with E-state index in [1.54, 1.807) is 12.4 Å². The van der Waals surface area contributed by atoms with Crippen molar-refractivity contribution in [1.29, 1.82) is 0 Å². The van der Waals surface area contributed by atoms with Crippen LogP contribution in [0.4, 0.5) is 11.5 Å². The van der Waals surface area contributed by atoms with E-state index in [1.807, 2.05) is 16.9 Å². The van der Waals surface area contributed by atoms with Crippen LogP contribution in [0.3, 0.4) is 0 Å². The van der Waals surface area contributed by atoms with Gasteiger partial charge in [0.15, 0.2) is 0 Å². The van der Waals surface area contributed by atoms with E-state index < -0.39 is 0 Å². The molecule has 0 radical (unpaired) electrons. The van der Waals surface area contributed by atoms with Gasteiger partial charge < -0.3 is 15.6 Å². The van der Waals surface area contributed by atoms with Gasteiger partial charge in [-0.15, -0.1) is 0 Å². The van der Waals surface area contributed by atoms with Crippen molar-refractivity contribution in [3.8, 4) is 0 Å². The highest BCUT2D eigenvalue weighted by Crippen LogP contribution is 2.35. The first-order valence-electron chi connectivity index (χ1n) is 9.19. The van der Waals surface area contributed by atoms with Gasteiger partial charge in [0.1, 0.15) is 17.0 Å². The van der Waals surface area contributed by atoms with E-state index in [0.717, 1.165) is 37.4 Å². The van der Waals surface area contributed by atoms with E-state index >= 15 is 0 Å². The van der Waals surface area contributed by atoms with Crippen LogP contribution in [-0.2, 0) is 0 Å². The Balaban J connectivity index is 1.57. The maximum Gasteiger partial charge on any atom is 0.261 e. The summed E-state index contributed by atoms with van der Waals surface area (Å²) in [4.78, 5) is 24.5. The molecular weight excluding hydrogens is 330 g/mol. The molecule has 0 amide bonds. The number of fused-ring (bicyclic) bond motifs is 1. The Kier molecular flexibility index (Phi) is 3.70. The SMILES string of the molecule is O=c1[nH]ccc2nc(C3CCNCC3)nc(Nc3cnn(C4CC4)c3)c12. The summed E-state index contributed by atoms with van der Waals surface area (Å²) in [7, 11) is 0. The molecule has 3 aromatic heterocycles. The number of aromatic nitrogens is 5. The number of piperidine rings is 1. The fourth-order valence-electron chi connectivity index (χ4n) is 3.54. The Bertz CT molecular complexity index is 998. The van der Waals surface area contributed by atoms with E-state index in [-0.39, 0.29) is 5.56 Å². The Hall–Kier alpha value is -2.74. The Morgan fingerprint density at radius 1 is 1.15 bits per heavy atom. The molecule has 1 saturated heterocycles. The molecule has 0 atom stereocenters. The van der Waals surface area contributed by atoms with Crippen molar-refractivity contribution in [3.05, 3.63) is 40.8 Å². The molecule has 134 valence electrons. The molecule has 0 spiro atoms. The van der Waals surface area contributed by atoms with E-state index in [2.05, 4.69) is 25.7 Å². The largest absolute Gasteiger partial charge is 0.337 e. The Morgan fingerprint density at radius 2 is 2.00 bits per heavy atom. The van der Waals surface area contributed by atoms with Crippen molar-refractivity contribution in [3.63, 3.8) is 0 Å². The molecule has 8 nitrogen and oxygen atoms in total. The number of aromatic amines is 1. The minimum atomic E-state index is -0.184. The van der Waals surface area contributed by atoms with Gasteiger partial charge in [-0.05, 0) is 44.8 Å². The first kappa shape index (κ1) is 15.5. The average Bonchev–Trinajstić information content (AvgIpc) is 3.42. The van der Waals surface area contributed by atoms with E-state index in [4.69, 9.17) is 4.98 Å². The lowest BCUT2D eigenvalue weighted by molar-refractivity contribution is 0.446. The third-order valence-corrected chi connectivity index (χ3v) is 5.13. The summed E-state index contributed by atoms with van der Waals surface area (Å²) in [5.74, 6) is 1.68. The zero-order valence-corrected chi connectivity index (χ0v) is 14.4. The molecule has 3 aromatic rings. The zero-order chi connectivity index (χ0) is 17.5. The van der Waals surface area contributed by atoms with Crippen LogP contribution in [0.15, 0.2) is 29.5 Å². The normalized spacial score (nSPS) is 18.3. The van der Waals surface area contributed by atoms with E-state index in [9.17, 15) is 4.79 Å². The van der Waals surface area contributed by atoms with Gasteiger partial charge in [-0.1, -0.05) is 0 Å². The fourth-order valence-corrected chi connectivity index (χ4v) is 3.54. The third-order valence-electron chi connectivity index (χ3n) is 5.13. The van der Waals surface area contributed by atoms with Gasteiger partial charge in [0, 0.05) is 18.3 Å². The van der Waals surface area contributed by atoms with Crippen molar-refractivity contribution in [1.82, 2.24) is 30.0 Å². The first-order valence-corrected chi connectivity index (χ1v) is 9.19. The lowest BCUT2D eigenvalue weighted by atomic mass is 9.97. The van der Waals surface area contributed by atoms with Crippen LogP contribution in [-0.4, -0.2) is 37.8 Å². The lowest BCUT2D eigenvalue weighted by Gasteiger charge is -2.22. The minimum absolute atomic E-state index is 0.184. The number of hydrogen-bond acceptors (Lipinski definition) is 6. The molecule has 4 heterocycles. The summed E-state index contributed by atoms with van der Waals surface area (Å²) >= 11 is 0. The topological polar surface area (TPSA) is 101 Å². The first-order chi connectivity index (χ1) is 12.8. The number of rotatable bonds is 4. The predicted molar refractivity (Wildman–Crippen MR) is 98.8 cm³/mol. The molecule has 3 N–H and O–H groups in total. The summed E-state index contributed by atoms with van der Waals surface area (Å²) in [6, 6.07) is 2.35. The molecular formula is C18H21N7O. The monoisotopic (exact) mass is 351 g/mol. The summed E-state index contributed by atoms with van der Waals surface area (Å²) < 4.78 is 1.98. The molecule has 0 unspecified atom stereocenters. The summed E-state index contributed by atoms with van der Waals surface area (Å²) in [5, 5.41) is 11.6. The molecule has 26 heavy (non-hydrogen) atoms. The maximum atomic E-state index is 12.4. The van der Waals surface area contributed by atoms with Crippen LogP contribution in [0, 0.1) is 0 Å². The van der Waals surface area contributed by atoms with Gasteiger partial charge in [0.25, 0.3) is 5.56 Å². The molecule has 1 saturated carbocycles. The average molecular weight is 351 g/mol. The predicted octanol–water partition coefficient (Wildman–Crippen LogP) is 2.06. The summed E-state index contributed by atoms with van der Waals surface area (Å²) in [6.45, 7) is 1.94. The zero-order valence-electron chi connectivity index (χ0n) is 14.4. The van der Waals surface area contributed by atoms with Crippen LogP contribution in [0.2, 0.25) is 0 Å². The van der Waals surface area contributed by atoms with Gasteiger partial charge in [0.2, 0.25) is 0 Å². The maximum absolute atomic E-state index is 12.4. The molecule has 5 rings (SSSR count). The summed E-state index contributed by atoms with van der Waals surface area (Å²) in [5.41, 5.74) is 1.34. The van der Waals surface area contributed by atoms with Crippen LogP contribution < -0.4 is 16.2 Å². The number of anilines is 2. The van der Waals surface area contributed by atoms with Crippen molar-refractivity contribution in [2.45, 2.75) is 37.6 Å². The number of H-pyrrole nitrogens is 1. The lowest BCUT2D eigenvalue weighted by Crippen LogP contribution is -2.27. The highest BCUT2D eigenvalue weighted by atomic mass is 16.1. The molecule has 2 fully saturated rings. The Morgan fingerprint density at radius 3 is 2.81 bits per heavy atom. The third kappa shape index (κ3) is 2.86. The van der Waals surface area contributed by atoms with Gasteiger partial charge in [-0.3, -0.25) is 9.48 Å². The second-order valence-electron chi connectivity index (χ2n) is 7.09. The molecule has 1 aliphatic heterocycles. The van der Waals surface area contributed by atoms with Gasteiger partial charge >= 0.3 is 0 Å². The standard InChI is InChI=1S/C18H21N7O/c26-18-15-14(5-8-20-18)23-16(11-3-6-19-7-4-11)24-17(15)22-12-9-21-25(10-12)13-1-2-13/h5,8-11,13,19H,1-4,6-7H2,(H,20,26)(H,22,23,24). The molecule has 1 aliphatic carbocycles. The van der Waals surface area contributed by atoms with Crippen LogP contribution in [0.1, 0.15) is 43.5 Å². The second-order valence-corrected chi connectivity index (χ2v) is 7.09. The number of nitrogens with zero attached hydrogens (tertiary/aromatic N) is 4. The number of pyridine rings is 1. The van der Waals surface area contributed by atoms with Crippen molar-refractivity contribution in [2.75, 3.05) is 18.4 Å². The highest BCUT2D eigenvalue weighted by molar-refractivity contribution is 5.89. The fraction of sp³-hybridized carbons (Fsp3) is 0.444. The minimum Gasteiger partial charge on any atom is -0.337 e. The van der Waals surface area contributed by atoms with Gasteiger partial charge in [-0.2, -0.15) is 5.10 Å². The second kappa shape index (κ2) is 6.21. The van der Waals surface area contributed by atoms with E-state index in [0.29, 0.717) is 28.7 Å². The Labute approximate surface area is 150 Å². The van der Waals surface area contributed by atoms with Gasteiger partial charge in [-0.25, -0.2) is 9.97 Å². The molecule has 0 aromatic carbocycles. The number of hydrogen-bond donors (Lipinski definition) is 3. The van der Waals surface area contributed by atoms with Crippen LogP contribution in [0.5, 0.6) is 0 Å². The molecule has 2 aliphatic rings. The molecule has 8 heteroatoms. The highest BCUT2D eigenvalue weighted by Gasteiger charge is 2.25. The smallest absolute Gasteiger partial charge is 0.261 e. The van der Waals surface area contributed by atoms with Crippen LogP contribution in [0.25, 0.3) is 10.9 Å². The van der Waals surface area contributed by atoms with Crippen molar-refractivity contribution >= 4 is 22.4 Å². The van der Waals surface area contributed by atoms with Crippen LogP contribution >= 0.6 is 0 Å². The van der Waals surface area contributed by atoms with Crippen molar-refractivity contribution < 1.29 is 0 Å². The summed E-state index contributed by atoms with van der Waals surface area (Å²) in [6.07, 6.45) is 9.77. The quantitative estimate of drug-likeness (QED) is 0.665. The van der Waals surface area contributed by atoms with Gasteiger partial charge in [0.05, 0.1) is 23.4 Å².